The fourth-order valence-corrected chi connectivity index (χ4v) is 2.86. The van der Waals surface area contributed by atoms with Crippen LogP contribution in [0, 0.1) is 0 Å². The van der Waals surface area contributed by atoms with Crippen LogP contribution in [0.15, 0.2) is 30.7 Å². The summed E-state index contributed by atoms with van der Waals surface area (Å²) in [5, 5.41) is 3.39. The quantitative estimate of drug-likeness (QED) is 0.925. The Balaban J connectivity index is 1.98. The molecule has 1 unspecified atom stereocenters. The van der Waals surface area contributed by atoms with E-state index in [-0.39, 0.29) is 5.92 Å². The first kappa shape index (κ1) is 13.0. The Hall–Kier alpha value is -1.97. The van der Waals surface area contributed by atoms with Crippen molar-refractivity contribution in [3.05, 3.63) is 47.7 Å². The Bertz CT molecular complexity index is 582. The summed E-state index contributed by atoms with van der Waals surface area (Å²) in [5.41, 5.74) is 3.58. The number of fused-ring (bicyclic) bond motifs is 1. The van der Waals surface area contributed by atoms with E-state index < -0.39 is 0 Å². The highest BCUT2D eigenvalue weighted by molar-refractivity contribution is 5.46. The average Bonchev–Trinajstić information content (AvgIpc) is 2.53. The second-order valence-corrected chi connectivity index (χ2v) is 5.21. The number of hydrogen-bond acceptors (Lipinski definition) is 4. The predicted molar refractivity (Wildman–Crippen MR) is 79.8 cm³/mol. The highest BCUT2D eigenvalue weighted by atomic mass is 15.0. The average molecular weight is 268 g/mol. The van der Waals surface area contributed by atoms with Crippen molar-refractivity contribution < 1.29 is 0 Å². The molecule has 0 aromatic carbocycles. The second kappa shape index (κ2) is 5.99. The third kappa shape index (κ3) is 2.50. The zero-order valence-corrected chi connectivity index (χ0v) is 11.8. The summed E-state index contributed by atoms with van der Waals surface area (Å²) in [7, 11) is 0. The van der Waals surface area contributed by atoms with Crippen LogP contribution in [0.1, 0.15) is 49.1 Å². The maximum absolute atomic E-state index is 4.60. The molecular formula is C16H20N4. The van der Waals surface area contributed by atoms with Gasteiger partial charge in [0.2, 0.25) is 0 Å². The Kier molecular flexibility index (Phi) is 3.90. The lowest BCUT2D eigenvalue weighted by Crippen LogP contribution is -2.17. The zero-order chi connectivity index (χ0) is 13.8. The summed E-state index contributed by atoms with van der Waals surface area (Å²) < 4.78 is 0. The number of aromatic nitrogens is 3. The zero-order valence-electron chi connectivity index (χ0n) is 11.8. The van der Waals surface area contributed by atoms with Gasteiger partial charge in [-0.15, -0.1) is 0 Å². The molecule has 0 radical (unpaired) electrons. The molecule has 1 N–H and O–H groups in total. The lowest BCUT2D eigenvalue weighted by molar-refractivity contribution is 0.587. The van der Waals surface area contributed by atoms with Crippen molar-refractivity contribution in [2.75, 3.05) is 11.9 Å². The van der Waals surface area contributed by atoms with E-state index in [1.54, 1.807) is 12.4 Å². The maximum atomic E-state index is 4.60. The molecule has 4 nitrogen and oxygen atoms in total. The topological polar surface area (TPSA) is 50.7 Å². The SMILES string of the molecule is CCCNc1nccnc1C1CCCc2cccnc21. The van der Waals surface area contributed by atoms with Crippen molar-refractivity contribution in [3.8, 4) is 0 Å². The van der Waals surface area contributed by atoms with Crippen LogP contribution in [-0.2, 0) is 6.42 Å². The normalized spacial score (nSPS) is 17.6. The minimum absolute atomic E-state index is 0.271. The summed E-state index contributed by atoms with van der Waals surface area (Å²) in [6.45, 7) is 3.08. The highest BCUT2D eigenvalue weighted by Gasteiger charge is 2.26. The van der Waals surface area contributed by atoms with Crippen molar-refractivity contribution in [1.82, 2.24) is 15.0 Å². The van der Waals surface area contributed by atoms with Gasteiger partial charge in [0.15, 0.2) is 0 Å². The molecule has 4 heteroatoms. The lowest BCUT2D eigenvalue weighted by Gasteiger charge is -2.25. The molecule has 2 heterocycles. The predicted octanol–water partition coefficient (Wildman–Crippen LogP) is 3.16. The number of anilines is 1. The van der Waals surface area contributed by atoms with Crippen molar-refractivity contribution >= 4 is 5.82 Å². The molecule has 20 heavy (non-hydrogen) atoms. The smallest absolute Gasteiger partial charge is 0.148 e. The highest BCUT2D eigenvalue weighted by Crippen LogP contribution is 2.36. The van der Waals surface area contributed by atoms with E-state index in [9.17, 15) is 0 Å². The van der Waals surface area contributed by atoms with Crippen LogP contribution < -0.4 is 5.32 Å². The molecule has 1 atom stereocenters. The molecule has 1 aliphatic rings. The molecule has 0 fully saturated rings. The Morgan fingerprint density at radius 3 is 2.90 bits per heavy atom. The summed E-state index contributed by atoms with van der Waals surface area (Å²) in [6.07, 6.45) is 9.91. The first-order valence-corrected chi connectivity index (χ1v) is 7.38. The molecule has 2 aromatic heterocycles. The number of rotatable bonds is 4. The van der Waals surface area contributed by atoms with E-state index in [4.69, 9.17) is 0 Å². The van der Waals surface area contributed by atoms with Crippen LogP contribution >= 0.6 is 0 Å². The number of pyridine rings is 1. The molecule has 0 saturated heterocycles. The van der Waals surface area contributed by atoms with Crippen LogP contribution in [-0.4, -0.2) is 21.5 Å². The Labute approximate surface area is 119 Å². The largest absolute Gasteiger partial charge is 0.369 e. The van der Waals surface area contributed by atoms with Gasteiger partial charge in [0.1, 0.15) is 5.82 Å². The summed E-state index contributed by atoms with van der Waals surface area (Å²) in [6, 6.07) is 4.21. The van der Waals surface area contributed by atoms with Gasteiger partial charge in [0, 0.05) is 31.1 Å². The van der Waals surface area contributed by atoms with Crippen molar-refractivity contribution in [2.45, 2.75) is 38.5 Å². The molecule has 104 valence electrons. The molecule has 0 aliphatic heterocycles. The molecule has 0 bridgehead atoms. The standard InChI is InChI=1S/C16H20N4/c1-2-8-19-16-15(18-10-11-20-16)13-7-3-5-12-6-4-9-17-14(12)13/h4,6,9-11,13H,2-3,5,7-8H2,1H3,(H,19,20). The van der Waals surface area contributed by atoms with Crippen molar-refractivity contribution in [2.24, 2.45) is 0 Å². The van der Waals surface area contributed by atoms with Gasteiger partial charge >= 0.3 is 0 Å². The number of nitrogens with zero attached hydrogens (tertiary/aromatic N) is 3. The monoisotopic (exact) mass is 268 g/mol. The molecular weight excluding hydrogens is 248 g/mol. The van der Waals surface area contributed by atoms with E-state index in [0.717, 1.165) is 37.3 Å². The molecule has 0 saturated carbocycles. The van der Waals surface area contributed by atoms with Gasteiger partial charge in [-0.25, -0.2) is 4.98 Å². The van der Waals surface area contributed by atoms with E-state index >= 15 is 0 Å². The van der Waals surface area contributed by atoms with Crippen LogP contribution in [0.3, 0.4) is 0 Å². The fraction of sp³-hybridized carbons (Fsp3) is 0.438. The molecule has 0 amide bonds. The van der Waals surface area contributed by atoms with Crippen LogP contribution in [0.2, 0.25) is 0 Å². The minimum atomic E-state index is 0.271. The third-order valence-electron chi connectivity index (χ3n) is 3.79. The van der Waals surface area contributed by atoms with Gasteiger partial charge in [0.25, 0.3) is 0 Å². The molecule has 1 aliphatic carbocycles. The van der Waals surface area contributed by atoms with E-state index in [1.807, 2.05) is 12.3 Å². The second-order valence-electron chi connectivity index (χ2n) is 5.21. The molecule has 2 aromatic rings. The fourth-order valence-electron chi connectivity index (χ4n) is 2.86. The van der Waals surface area contributed by atoms with Gasteiger partial charge in [-0.3, -0.25) is 9.97 Å². The van der Waals surface area contributed by atoms with Gasteiger partial charge in [-0.2, -0.15) is 0 Å². The van der Waals surface area contributed by atoms with Crippen molar-refractivity contribution in [3.63, 3.8) is 0 Å². The Morgan fingerprint density at radius 1 is 1.15 bits per heavy atom. The minimum Gasteiger partial charge on any atom is -0.369 e. The van der Waals surface area contributed by atoms with Crippen molar-refractivity contribution in [1.29, 1.82) is 0 Å². The summed E-state index contributed by atoms with van der Waals surface area (Å²) >= 11 is 0. The van der Waals surface area contributed by atoms with Gasteiger partial charge < -0.3 is 5.32 Å². The van der Waals surface area contributed by atoms with E-state index in [0.29, 0.717) is 0 Å². The first-order chi connectivity index (χ1) is 9.90. The van der Waals surface area contributed by atoms with E-state index in [1.165, 1.54) is 17.7 Å². The number of aryl methyl sites for hydroxylation is 1. The molecule has 3 rings (SSSR count). The number of nitrogens with one attached hydrogen (secondary N) is 1. The van der Waals surface area contributed by atoms with Gasteiger partial charge in [-0.1, -0.05) is 13.0 Å². The van der Waals surface area contributed by atoms with Gasteiger partial charge in [-0.05, 0) is 37.3 Å². The first-order valence-electron chi connectivity index (χ1n) is 7.38. The third-order valence-corrected chi connectivity index (χ3v) is 3.79. The van der Waals surface area contributed by atoms with Crippen LogP contribution in [0.4, 0.5) is 5.82 Å². The van der Waals surface area contributed by atoms with E-state index in [2.05, 4.69) is 33.3 Å². The van der Waals surface area contributed by atoms with Gasteiger partial charge in [0.05, 0.1) is 11.4 Å². The Morgan fingerprint density at radius 2 is 2.00 bits per heavy atom. The van der Waals surface area contributed by atoms with Crippen LogP contribution in [0.5, 0.6) is 0 Å². The van der Waals surface area contributed by atoms with Crippen LogP contribution in [0.25, 0.3) is 0 Å². The maximum Gasteiger partial charge on any atom is 0.148 e. The number of hydrogen-bond donors (Lipinski definition) is 1. The summed E-state index contributed by atoms with van der Waals surface area (Å²) in [4.78, 5) is 13.7. The molecule has 0 spiro atoms. The lowest BCUT2D eigenvalue weighted by atomic mass is 9.84. The summed E-state index contributed by atoms with van der Waals surface area (Å²) in [5.74, 6) is 1.19.